The summed E-state index contributed by atoms with van der Waals surface area (Å²) >= 11 is 1.86. The van der Waals surface area contributed by atoms with E-state index >= 15 is 0 Å². The van der Waals surface area contributed by atoms with Crippen LogP contribution in [0.1, 0.15) is 71.1 Å². The number of hydrogen-bond acceptors (Lipinski definition) is 5. The zero-order chi connectivity index (χ0) is 20.8. The fourth-order valence-electron chi connectivity index (χ4n) is 3.74. The van der Waals surface area contributed by atoms with E-state index in [1.54, 1.807) is 0 Å². The monoisotopic (exact) mass is 414 g/mol. The van der Waals surface area contributed by atoms with Crippen LogP contribution in [0.5, 0.6) is 0 Å². The number of carboxylic acid groups (broad SMARTS) is 1. The van der Waals surface area contributed by atoms with Crippen molar-refractivity contribution >= 4 is 17.7 Å². The number of aliphatic hydroxyl groups is 3. The minimum Gasteiger partial charge on any atom is -0.477 e. The molecule has 162 valence electrons. The van der Waals surface area contributed by atoms with E-state index in [9.17, 15) is 15.0 Å². The Bertz CT molecular complexity index is 489. The molecule has 0 aromatic carbocycles. The third-order valence-corrected chi connectivity index (χ3v) is 6.81. The summed E-state index contributed by atoms with van der Waals surface area (Å²) in [5.41, 5.74) is 0. The fraction of sp³-hybridized carbons (Fsp3) is 0.773. The molecule has 28 heavy (non-hydrogen) atoms. The number of aliphatic carboxylic acids is 1. The highest BCUT2D eigenvalue weighted by atomic mass is 32.2. The van der Waals surface area contributed by atoms with Crippen LogP contribution in [0.15, 0.2) is 24.3 Å². The number of rotatable bonds is 15. The number of aliphatic hydroxyl groups excluding tert-OH is 1. The first-order valence-electron chi connectivity index (χ1n) is 10.6. The second-order valence-electron chi connectivity index (χ2n) is 7.69. The highest BCUT2D eigenvalue weighted by Gasteiger charge is 2.34. The van der Waals surface area contributed by atoms with Gasteiger partial charge in [0.2, 0.25) is 0 Å². The molecule has 0 saturated heterocycles. The lowest BCUT2D eigenvalue weighted by Gasteiger charge is -2.21. The lowest BCUT2D eigenvalue weighted by molar-refractivity contribution is -0.205. The van der Waals surface area contributed by atoms with E-state index in [0.29, 0.717) is 23.5 Å². The van der Waals surface area contributed by atoms with E-state index in [0.717, 1.165) is 31.4 Å². The second-order valence-corrected chi connectivity index (χ2v) is 9.04. The molecule has 1 fully saturated rings. The van der Waals surface area contributed by atoms with Crippen molar-refractivity contribution < 1.29 is 25.2 Å². The van der Waals surface area contributed by atoms with E-state index in [2.05, 4.69) is 19.1 Å². The SMILES string of the molecule is CCCCCC/C=C/[C@@H]1[C@@H](C/C=C\CCC(O)(O)C(=O)O)CC[C@H]1SCCO. The molecule has 0 spiro atoms. The van der Waals surface area contributed by atoms with Gasteiger partial charge in [0.25, 0.3) is 5.79 Å². The van der Waals surface area contributed by atoms with Crippen molar-refractivity contribution in [3.05, 3.63) is 24.3 Å². The van der Waals surface area contributed by atoms with E-state index in [-0.39, 0.29) is 13.0 Å². The molecule has 0 amide bonds. The second kappa shape index (κ2) is 14.2. The van der Waals surface area contributed by atoms with Crippen LogP contribution in [0, 0.1) is 11.8 Å². The summed E-state index contributed by atoms with van der Waals surface area (Å²) in [5.74, 6) is -2.43. The molecule has 1 aliphatic carbocycles. The van der Waals surface area contributed by atoms with Crippen molar-refractivity contribution in [1.82, 2.24) is 0 Å². The van der Waals surface area contributed by atoms with Crippen LogP contribution in [0.4, 0.5) is 0 Å². The Morgan fingerprint density at radius 2 is 1.89 bits per heavy atom. The molecule has 4 N–H and O–H groups in total. The average Bonchev–Trinajstić information content (AvgIpc) is 3.04. The Morgan fingerprint density at radius 3 is 2.57 bits per heavy atom. The number of thioether (sulfide) groups is 1. The first-order valence-corrected chi connectivity index (χ1v) is 11.7. The van der Waals surface area contributed by atoms with Crippen LogP contribution in [0.3, 0.4) is 0 Å². The van der Waals surface area contributed by atoms with E-state index in [4.69, 9.17) is 10.2 Å². The Balaban J connectivity index is 2.50. The largest absolute Gasteiger partial charge is 0.477 e. The molecule has 0 aliphatic heterocycles. The van der Waals surface area contributed by atoms with Gasteiger partial charge in [-0.2, -0.15) is 11.8 Å². The van der Waals surface area contributed by atoms with Gasteiger partial charge in [-0.3, -0.25) is 0 Å². The zero-order valence-electron chi connectivity index (χ0n) is 17.1. The van der Waals surface area contributed by atoms with E-state index < -0.39 is 11.8 Å². The van der Waals surface area contributed by atoms with Crippen LogP contribution in [0.25, 0.3) is 0 Å². The van der Waals surface area contributed by atoms with Crippen LogP contribution in [-0.4, -0.2) is 49.8 Å². The van der Waals surface area contributed by atoms with Gasteiger partial charge < -0.3 is 20.4 Å². The normalized spacial score (nSPS) is 23.2. The minimum atomic E-state index is -2.65. The van der Waals surface area contributed by atoms with Crippen LogP contribution >= 0.6 is 11.8 Å². The summed E-state index contributed by atoms with van der Waals surface area (Å²) in [7, 11) is 0. The molecule has 0 aromatic heterocycles. The maximum absolute atomic E-state index is 10.7. The van der Waals surface area contributed by atoms with Gasteiger partial charge >= 0.3 is 5.97 Å². The fourth-order valence-corrected chi connectivity index (χ4v) is 4.99. The lowest BCUT2D eigenvalue weighted by Crippen LogP contribution is -2.37. The zero-order valence-corrected chi connectivity index (χ0v) is 17.9. The van der Waals surface area contributed by atoms with Crippen LogP contribution in [-0.2, 0) is 4.79 Å². The van der Waals surface area contributed by atoms with E-state index in [1.165, 1.54) is 25.7 Å². The van der Waals surface area contributed by atoms with Crippen molar-refractivity contribution in [3.8, 4) is 0 Å². The number of unbranched alkanes of at least 4 members (excludes halogenated alkanes) is 4. The van der Waals surface area contributed by atoms with Gasteiger partial charge in [-0.25, -0.2) is 4.79 Å². The summed E-state index contributed by atoms with van der Waals surface area (Å²) in [6.45, 7) is 2.44. The molecular formula is C22H38O5S. The molecule has 0 unspecified atom stereocenters. The number of carboxylic acids is 1. The van der Waals surface area contributed by atoms with Gasteiger partial charge in [0.15, 0.2) is 0 Å². The molecule has 0 radical (unpaired) electrons. The first-order chi connectivity index (χ1) is 13.4. The Kier molecular flexibility index (Phi) is 12.8. The average molecular weight is 415 g/mol. The predicted molar refractivity (Wildman–Crippen MR) is 115 cm³/mol. The third-order valence-electron chi connectivity index (χ3n) is 5.41. The van der Waals surface area contributed by atoms with Gasteiger partial charge in [-0.15, -0.1) is 0 Å². The van der Waals surface area contributed by atoms with Gasteiger partial charge in [0.1, 0.15) is 0 Å². The molecule has 1 rings (SSSR count). The molecular weight excluding hydrogens is 376 g/mol. The maximum Gasteiger partial charge on any atom is 0.364 e. The van der Waals surface area contributed by atoms with Crippen LogP contribution < -0.4 is 0 Å². The molecule has 0 bridgehead atoms. The quantitative estimate of drug-likeness (QED) is 0.183. The first kappa shape index (κ1) is 25.2. The Morgan fingerprint density at radius 1 is 1.11 bits per heavy atom. The van der Waals surface area contributed by atoms with Gasteiger partial charge in [-0.1, -0.05) is 50.5 Å². The highest BCUT2D eigenvalue weighted by Crippen LogP contribution is 2.42. The Hall–Kier alpha value is -0.820. The number of hydrogen-bond donors (Lipinski definition) is 4. The smallest absolute Gasteiger partial charge is 0.364 e. The lowest BCUT2D eigenvalue weighted by atomic mass is 9.91. The van der Waals surface area contributed by atoms with E-state index in [1.807, 2.05) is 23.9 Å². The van der Waals surface area contributed by atoms with Gasteiger partial charge in [0, 0.05) is 17.4 Å². The minimum absolute atomic E-state index is 0.209. The molecule has 1 saturated carbocycles. The summed E-state index contributed by atoms with van der Waals surface area (Å²) in [4.78, 5) is 10.7. The molecule has 3 atom stereocenters. The van der Waals surface area contributed by atoms with Crippen molar-refractivity contribution in [3.63, 3.8) is 0 Å². The summed E-state index contributed by atoms with van der Waals surface area (Å²) in [5, 5.41) is 37.1. The predicted octanol–water partition coefficient (Wildman–Crippen LogP) is 4.13. The van der Waals surface area contributed by atoms with Crippen molar-refractivity contribution in [2.75, 3.05) is 12.4 Å². The van der Waals surface area contributed by atoms with Gasteiger partial charge in [0.05, 0.1) is 6.61 Å². The molecule has 6 heteroatoms. The van der Waals surface area contributed by atoms with Crippen molar-refractivity contribution in [1.29, 1.82) is 0 Å². The molecule has 0 heterocycles. The standard InChI is InChI=1S/C22H38O5S/c1-2-3-4-5-6-9-12-19-18(13-14-20(19)28-17-16-23)11-8-7-10-15-22(26,27)21(24)25/h7-9,12,18-20,23,26-27H,2-6,10-11,13-17H2,1H3,(H,24,25)/b8-7-,12-9+/t18-,19+,20+/m0/s1. The number of allylic oxidation sites excluding steroid dienone is 4. The molecule has 0 aromatic rings. The van der Waals surface area contributed by atoms with Gasteiger partial charge in [-0.05, 0) is 50.4 Å². The van der Waals surface area contributed by atoms with Crippen LogP contribution in [0.2, 0.25) is 0 Å². The van der Waals surface area contributed by atoms with Crippen molar-refractivity contribution in [2.24, 2.45) is 11.8 Å². The molecule has 5 nitrogen and oxygen atoms in total. The highest BCUT2D eigenvalue weighted by molar-refractivity contribution is 7.99. The third kappa shape index (κ3) is 9.59. The summed E-state index contributed by atoms with van der Waals surface area (Å²) in [6, 6.07) is 0. The number of carbonyl (C=O) groups is 1. The topological polar surface area (TPSA) is 98.0 Å². The maximum atomic E-state index is 10.7. The molecule has 1 aliphatic rings. The summed E-state index contributed by atoms with van der Waals surface area (Å²) < 4.78 is 0. The summed E-state index contributed by atoms with van der Waals surface area (Å²) in [6.07, 6.45) is 18.1. The Labute approximate surface area is 173 Å². The van der Waals surface area contributed by atoms with Crippen molar-refractivity contribution in [2.45, 2.75) is 82.2 Å².